The minimum absolute atomic E-state index is 0.261. The quantitative estimate of drug-likeness (QED) is 0.659. The molecule has 0 radical (unpaired) electrons. The van der Waals surface area contributed by atoms with Gasteiger partial charge in [0.15, 0.2) is 0 Å². The number of rotatable bonds is 1. The number of halogens is 1. The van der Waals surface area contributed by atoms with Gasteiger partial charge in [0.1, 0.15) is 11.6 Å². The Balaban J connectivity index is 2.35. The van der Waals surface area contributed by atoms with E-state index < -0.39 is 0 Å². The molecule has 1 aliphatic rings. The predicted molar refractivity (Wildman–Crippen MR) is 46.9 cm³/mol. The smallest absolute Gasteiger partial charge is 0.219 e. The van der Waals surface area contributed by atoms with Crippen LogP contribution in [-0.2, 0) is 4.74 Å². The van der Waals surface area contributed by atoms with Gasteiger partial charge in [-0.25, -0.2) is 4.39 Å². The Morgan fingerprint density at radius 1 is 1.46 bits per heavy atom. The molecule has 0 amide bonds. The lowest BCUT2D eigenvalue weighted by Crippen LogP contribution is -2.18. The highest BCUT2D eigenvalue weighted by Gasteiger charge is 2.13. The van der Waals surface area contributed by atoms with Gasteiger partial charge in [-0.3, -0.25) is 0 Å². The minimum Gasteiger partial charge on any atom is -0.461 e. The predicted octanol–water partition coefficient (Wildman–Crippen LogP) is 2.20. The summed E-state index contributed by atoms with van der Waals surface area (Å²) in [4.78, 5) is 0. The molecular formula is C10H9FO2. The molecule has 0 spiro atoms. The second-order valence-corrected chi connectivity index (χ2v) is 2.76. The molecule has 0 saturated heterocycles. The highest BCUT2D eigenvalue weighted by atomic mass is 19.1. The van der Waals surface area contributed by atoms with Gasteiger partial charge in [0, 0.05) is 12.7 Å². The van der Waals surface area contributed by atoms with Gasteiger partial charge < -0.3 is 9.47 Å². The molecule has 1 heterocycles. The average Bonchev–Trinajstić information content (AvgIpc) is 2.17. The van der Waals surface area contributed by atoms with Crippen molar-refractivity contribution >= 4 is 6.08 Å². The third-order valence-electron chi connectivity index (χ3n) is 1.88. The van der Waals surface area contributed by atoms with Crippen LogP contribution in [0.5, 0.6) is 5.75 Å². The molecule has 0 bridgehead atoms. The Hall–Kier alpha value is -1.35. The van der Waals surface area contributed by atoms with Gasteiger partial charge in [-0.05, 0) is 30.4 Å². The maximum Gasteiger partial charge on any atom is 0.219 e. The van der Waals surface area contributed by atoms with Gasteiger partial charge >= 0.3 is 0 Å². The number of ether oxygens (including phenoxy) is 2. The molecular weight excluding hydrogens is 171 g/mol. The molecule has 0 fully saturated rings. The van der Waals surface area contributed by atoms with E-state index in [1.165, 1.54) is 12.1 Å². The molecule has 0 saturated carbocycles. The van der Waals surface area contributed by atoms with E-state index in [1.807, 2.05) is 0 Å². The Labute approximate surface area is 75.6 Å². The van der Waals surface area contributed by atoms with Crippen LogP contribution in [0.4, 0.5) is 4.39 Å². The molecule has 68 valence electrons. The molecule has 0 aromatic heterocycles. The first-order valence-corrected chi connectivity index (χ1v) is 3.97. The third kappa shape index (κ3) is 1.55. The van der Waals surface area contributed by atoms with Crippen LogP contribution >= 0.6 is 0 Å². The van der Waals surface area contributed by atoms with Crippen LogP contribution in [0.3, 0.4) is 0 Å². The summed E-state index contributed by atoms with van der Waals surface area (Å²) in [6.07, 6.45) is 3.16. The molecule has 1 atom stereocenters. The first-order chi connectivity index (χ1) is 6.29. The molecule has 1 aromatic rings. The number of fused-ring (bicyclic) bond motifs is 1. The molecule has 0 N–H and O–H groups in total. The molecule has 3 heteroatoms. The Morgan fingerprint density at radius 3 is 3.08 bits per heavy atom. The lowest BCUT2D eigenvalue weighted by molar-refractivity contribution is -0.0171. The van der Waals surface area contributed by atoms with Crippen LogP contribution in [-0.4, -0.2) is 13.4 Å². The van der Waals surface area contributed by atoms with Crippen LogP contribution in [0.25, 0.3) is 6.08 Å². The van der Waals surface area contributed by atoms with E-state index in [1.54, 1.807) is 25.3 Å². The Kier molecular flexibility index (Phi) is 2.02. The number of benzene rings is 1. The van der Waals surface area contributed by atoms with Crippen molar-refractivity contribution in [2.24, 2.45) is 0 Å². The lowest BCUT2D eigenvalue weighted by Gasteiger charge is -2.19. The standard InChI is InChI=1S/C10H9FO2/c1-12-10-5-2-7-6-8(11)3-4-9(7)13-10/h2-6,10H,1H3. The normalized spacial score (nSPS) is 19.4. The van der Waals surface area contributed by atoms with Crippen molar-refractivity contribution < 1.29 is 13.9 Å². The lowest BCUT2D eigenvalue weighted by atomic mass is 10.1. The summed E-state index contributed by atoms with van der Waals surface area (Å²) in [6.45, 7) is 0. The van der Waals surface area contributed by atoms with E-state index in [4.69, 9.17) is 9.47 Å². The zero-order valence-corrected chi connectivity index (χ0v) is 7.16. The van der Waals surface area contributed by atoms with E-state index in [2.05, 4.69) is 0 Å². The highest BCUT2D eigenvalue weighted by molar-refractivity contribution is 5.59. The van der Waals surface area contributed by atoms with Gasteiger partial charge in [0.25, 0.3) is 0 Å². The van der Waals surface area contributed by atoms with Gasteiger partial charge in [0.2, 0.25) is 6.29 Å². The summed E-state index contributed by atoms with van der Waals surface area (Å²) in [7, 11) is 1.56. The summed E-state index contributed by atoms with van der Waals surface area (Å²) in [5, 5.41) is 0. The fraction of sp³-hybridized carbons (Fsp3) is 0.200. The molecule has 13 heavy (non-hydrogen) atoms. The SMILES string of the molecule is COC1C=Cc2cc(F)ccc2O1. The number of hydrogen-bond donors (Lipinski definition) is 0. The van der Waals surface area contributed by atoms with Crippen LogP contribution < -0.4 is 4.74 Å². The average molecular weight is 180 g/mol. The number of methoxy groups -OCH3 is 1. The van der Waals surface area contributed by atoms with Gasteiger partial charge in [-0.15, -0.1) is 0 Å². The van der Waals surface area contributed by atoms with Crippen molar-refractivity contribution in [3.63, 3.8) is 0 Å². The number of hydrogen-bond acceptors (Lipinski definition) is 2. The summed E-state index contributed by atoms with van der Waals surface area (Å²) >= 11 is 0. The summed E-state index contributed by atoms with van der Waals surface area (Å²) in [5.74, 6) is 0.388. The van der Waals surface area contributed by atoms with Crippen molar-refractivity contribution in [3.05, 3.63) is 35.7 Å². The zero-order chi connectivity index (χ0) is 9.26. The fourth-order valence-corrected chi connectivity index (χ4v) is 1.23. The fourth-order valence-electron chi connectivity index (χ4n) is 1.23. The van der Waals surface area contributed by atoms with Crippen LogP contribution in [0, 0.1) is 5.82 Å². The molecule has 1 unspecified atom stereocenters. The van der Waals surface area contributed by atoms with Gasteiger partial charge in [-0.1, -0.05) is 0 Å². The van der Waals surface area contributed by atoms with Crippen molar-refractivity contribution in [2.75, 3.05) is 7.11 Å². The molecule has 1 aliphatic heterocycles. The largest absolute Gasteiger partial charge is 0.461 e. The van der Waals surface area contributed by atoms with E-state index in [-0.39, 0.29) is 12.1 Å². The Morgan fingerprint density at radius 2 is 2.31 bits per heavy atom. The first-order valence-electron chi connectivity index (χ1n) is 3.97. The van der Waals surface area contributed by atoms with Crippen molar-refractivity contribution in [1.29, 1.82) is 0 Å². The monoisotopic (exact) mass is 180 g/mol. The van der Waals surface area contributed by atoms with Crippen LogP contribution in [0.1, 0.15) is 5.56 Å². The molecule has 1 aromatic carbocycles. The minimum atomic E-state index is -0.363. The van der Waals surface area contributed by atoms with E-state index in [9.17, 15) is 4.39 Å². The van der Waals surface area contributed by atoms with Crippen molar-refractivity contribution in [1.82, 2.24) is 0 Å². The summed E-state index contributed by atoms with van der Waals surface area (Å²) in [5.41, 5.74) is 0.744. The third-order valence-corrected chi connectivity index (χ3v) is 1.88. The van der Waals surface area contributed by atoms with Crippen molar-refractivity contribution in [2.45, 2.75) is 6.29 Å². The van der Waals surface area contributed by atoms with E-state index >= 15 is 0 Å². The van der Waals surface area contributed by atoms with E-state index in [0.717, 1.165) is 5.56 Å². The van der Waals surface area contributed by atoms with Crippen LogP contribution in [0.2, 0.25) is 0 Å². The second-order valence-electron chi connectivity index (χ2n) is 2.76. The maximum atomic E-state index is 12.8. The molecule has 0 aliphatic carbocycles. The zero-order valence-electron chi connectivity index (χ0n) is 7.16. The first kappa shape index (κ1) is 8.26. The highest BCUT2D eigenvalue weighted by Crippen LogP contribution is 2.26. The van der Waals surface area contributed by atoms with Gasteiger partial charge in [0.05, 0.1) is 0 Å². The summed E-state index contributed by atoms with van der Waals surface area (Å²) < 4.78 is 23.1. The molecule has 2 rings (SSSR count). The molecule has 2 nitrogen and oxygen atoms in total. The second kappa shape index (κ2) is 3.18. The van der Waals surface area contributed by atoms with Crippen LogP contribution in [0.15, 0.2) is 24.3 Å². The maximum absolute atomic E-state index is 12.8. The Bertz CT molecular complexity index is 347. The topological polar surface area (TPSA) is 18.5 Å². The van der Waals surface area contributed by atoms with E-state index in [0.29, 0.717) is 5.75 Å². The van der Waals surface area contributed by atoms with Gasteiger partial charge in [-0.2, -0.15) is 0 Å². The summed E-state index contributed by atoms with van der Waals surface area (Å²) in [6, 6.07) is 4.39. The van der Waals surface area contributed by atoms with Crippen molar-refractivity contribution in [3.8, 4) is 5.75 Å².